The van der Waals surface area contributed by atoms with Gasteiger partial charge in [0.1, 0.15) is 0 Å². The summed E-state index contributed by atoms with van der Waals surface area (Å²) in [5.41, 5.74) is 7.10. The smallest absolute Gasteiger partial charge is 0.189 e. The van der Waals surface area contributed by atoms with Crippen LogP contribution >= 0.6 is 24.0 Å². The molecule has 0 amide bonds. The molecule has 0 unspecified atom stereocenters. The summed E-state index contributed by atoms with van der Waals surface area (Å²) in [4.78, 5) is 4.44. The van der Waals surface area contributed by atoms with Crippen LogP contribution in [0.25, 0.3) is 0 Å². The van der Waals surface area contributed by atoms with Gasteiger partial charge in [-0.05, 0) is 26.3 Å². The summed E-state index contributed by atoms with van der Waals surface area (Å²) in [6.45, 7) is 11.2. The molecule has 0 radical (unpaired) electrons. The van der Waals surface area contributed by atoms with Crippen molar-refractivity contribution in [3.05, 3.63) is 35.9 Å². The third-order valence-electron chi connectivity index (χ3n) is 2.70. The summed E-state index contributed by atoms with van der Waals surface area (Å²) >= 11 is 0. The Kier molecular flexibility index (Phi) is 6.83. The van der Waals surface area contributed by atoms with E-state index < -0.39 is 0 Å². The molecule has 0 saturated heterocycles. The van der Waals surface area contributed by atoms with Crippen LogP contribution in [0.15, 0.2) is 35.3 Å². The number of benzene rings is 1. The molecular weight excluding hydrogens is 349 g/mol. The first-order valence-electron chi connectivity index (χ1n) is 6.34. The lowest BCUT2D eigenvalue weighted by Crippen LogP contribution is -2.45. The van der Waals surface area contributed by atoms with Gasteiger partial charge in [-0.2, -0.15) is 0 Å². The Morgan fingerprint density at radius 3 is 2.11 bits per heavy atom. The number of nitrogens with one attached hydrogen (secondary N) is 1. The minimum atomic E-state index is -0.0511. The van der Waals surface area contributed by atoms with E-state index in [1.54, 1.807) is 0 Å². The highest BCUT2D eigenvalue weighted by molar-refractivity contribution is 14.0. The van der Waals surface area contributed by atoms with E-state index in [0.717, 1.165) is 0 Å². The molecule has 0 bridgehead atoms. The van der Waals surface area contributed by atoms with Gasteiger partial charge in [-0.25, -0.2) is 0 Å². The van der Waals surface area contributed by atoms with Gasteiger partial charge < -0.3 is 11.1 Å². The SMILES string of the molecule is CC(C)(C)NC(N)=NCC(C)(C)c1ccccc1.I. The highest BCUT2D eigenvalue weighted by atomic mass is 127. The van der Waals surface area contributed by atoms with Crippen LogP contribution in [0.5, 0.6) is 0 Å². The zero-order chi connectivity index (χ0) is 13.8. The molecule has 0 aliphatic rings. The Bertz CT molecular complexity index is 405. The predicted octanol–water partition coefficient (Wildman–Crippen LogP) is 3.29. The van der Waals surface area contributed by atoms with Gasteiger partial charge in [0, 0.05) is 11.0 Å². The van der Waals surface area contributed by atoms with Gasteiger partial charge in [-0.15, -0.1) is 24.0 Å². The first kappa shape index (κ1) is 18.2. The molecule has 0 aliphatic heterocycles. The number of nitrogens with zero attached hydrogens (tertiary/aromatic N) is 1. The van der Waals surface area contributed by atoms with E-state index in [4.69, 9.17) is 5.73 Å². The molecule has 0 aromatic heterocycles. The summed E-state index contributed by atoms with van der Waals surface area (Å²) in [5, 5.41) is 3.17. The van der Waals surface area contributed by atoms with Crippen molar-refractivity contribution in [1.82, 2.24) is 5.32 Å². The zero-order valence-electron chi connectivity index (χ0n) is 12.5. The number of hydrogen-bond donors (Lipinski definition) is 2. The van der Waals surface area contributed by atoms with E-state index >= 15 is 0 Å². The molecule has 0 spiro atoms. The summed E-state index contributed by atoms with van der Waals surface area (Å²) in [6, 6.07) is 10.4. The van der Waals surface area contributed by atoms with Gasteiger partial charge >= 0.3 is 0 Å². The third-order valence-corrected chi connectivity index (χ3v) is 2.70. The van der Waals surface area contributed by atoms with Crippen LogP contribution in [-0.4, -0.2) is 18.0 Å². The normalized spacial score (nSPS) is 12.8. The van der Waals surface area contributed by atoms with Crippen molar-refractivity contribution in [2.24, 2.45) is 10.7 Å². The van der Waals surface area contributed by atoms with Crippen LogP contribution in [0.4, 0.5) is 0 Å². The van der Waals surface area contributed by atoms with Crippen LogP contribution in [0.1, 0.15) is 40.2 Å². The van der Waals surface area contributed by atoms with Crippen LogP contribution in [0, 0.1) is 0 Å². The minimum absolute atomic E-state index is 0. The molecule has 0 fully saturated rings. The van der Waals surface area contributed by atoms with Crippen LogP contribution in [0.3, 0.4) is 0 Å². The number of aliphatic imine (C=N–C) groups is 1. The van der Waals surface area contributed by atoms with E-state index in [-0.39, 0.29) is 34.9 Å². The van der Waals surface area contributed by atoms with E-state index in [1.165, 1.54) is 5.56 Å². The molecule has 1 aromatic rings. The third kappa shape index (κ3) is 6.80. The Balaban J connectivity index is 0.00000324. The second-order valence-electron chi connectivity index (χ2n) is 6.33. The average Bonchev–Trinajstić information content (AvgIpc) is 2.26. The molecule has 0 atom stereocenters. The lowest BCUT2D eigenvalue weighted by molar-refractivity contribution is 0.500. The Labute approximate surface area is 134 Å². The van der Waals surface area contributed by atoms with Gasteiger partial charge in [-0.1, -0.05) is 44.2 Å². The summed E-state index contributed by atoms with van der Waals surface area (Å²) in [5.74, 6) is 0.506. The first-order chi connectivity index (χ1) is 8.21. The van der Waals surface area contributed by atoms with Crippen molar-refractivity contribution < 1.29 is 0 Å². The molecule has 19 heavy (non-hydrogen) atoms. The number of halogens is 1. The standard InChI is InChI=1S/C15H25N3.HI/c1-14(2,3)18-13(16)17-11-15(4,5)12-9-7-6-8-10-12;/h6-10H,11H2,1-5H3,(H3,16,17,18);1H. The summed E-state index contributed by atoms with van der Waals surface area (Å²) in [7, 11) is 0. The molecular formula is C15H26IN3. The van der Waals surface area contributed by atoms with E-state index in [1.807, 2.05) is 6.07 Å². The molecule has 3 nitrogen and oxygen atoms in total. The fourth-order valence-corrected chi connectivity index (χ4v) is 1.69. The van der Waals surface area contributed by atoms with Crippen molar-refractivity contribution in [2.45, 2.75) is 45.6 Å². The highest BCUT2D eigenvalue weighted by Gasteiger charge is 2.20. The van der Waals surface area contributed by atoms with Crippen molar-refractivity contribution in [1.29, 1.82) is 0 Å². The number of rotatable bonds is 3. The van der Waals surface area contributed by atoms with Gasteiger partial charge in [-0.3, -0.25) is 4.99 Å². The second-order valence-corrected chi connectivity index (χ2v) is 6.33. The van der Waals surface area contributed by atoms with E-state index in [0.29, 0.717) is 12.5 Å². The summed E-state index contributed by atoms with van der Waals surface area (Å²) < 4.78 is 0. The largest absolute Gasteiger partial charge is 0.370 e. The highest BCUT2D eigenvalue weighted by Crippen LogP contribution is 2.22. The molecule has 1 rings (SSSR count). The molecule has 0 heterocycles. The predicted molar refractivity (Wildman–Crippen MR) is 94.3 cm³/mol. The van der Waals surface area contributed by atoms with Crippen molar-refractivity contribution in [2.75, 3.05) is 6.54 Å². The molecule has 3 N–H and O–H groups in total. The Morgan fingerprint density at radius 2 is 1.63 bits per heavy atom. The quantitative estimate of drug-likeness (QED) is 0.484. The van der Waals surface area contributed by atoms with Crippen molar-refractivity contribution in [3.63, 3.8) is 0 Å². The van der Waals surface area contributed by atoms with Crippen LogP contribution in [-0.2, 0) is 5.41 Å². The van der Waals surface area contributed by atoms with Crippen LogP contribution in [0.2, 0.25) is 0 Å². The molecule has 4 heteroatoms. The maximum atomic E-state index is 5.88. The lowest BCUT2D eigenvalue weighted by atomic mass is 9.85. The molecule has 0 aliphatic carbocycles. The van der Waals surface area contributed by atoms with Gasteiger partial charge in [0.25, 0.3) is 0 Å². The fraction of sp³-hybridized carbons (Fsp3) is 0.533. The lowest BCUT2D eigenvalue weighted by Gasteiger charge is -2.25. The van der Waals surface area contributed by atoms with Crippen molar-refractivity contribution in [3.8, 4) is 0 Å². The second kappa shape index (κ2) is 7.12. The van der Waals surface area contributed by atoms with Crippen molar-refractivity contribution >= 4 is 29.9 Å². The number of guanidine groups is 1. The topological polar surface area (TPSA) is 50.4 Å². The van der Waals surface area contributed by atoms with Gasteiger partial charge in [0.2, 0.25) is 0 Å². The number of nitrogens with two attached hydrogens (primary N) is 1. The Morgan fingerprint density at radius 1 is 1.11 bits per heavy atom. The number of hydrogen-bond acceptors (Lipinski definition) is 1. The van der Waals surface area contributed by atoms with E-state index in [9.17, 15) is 0 Å². The Hall–Kier alpha value is -0.780. The average molecular weight is 375 g/mol. The molecule has 108 valence electrons. The van der Waals surface area contributed by atoms with Gasteiger partial charge in [0.15, 0.2) is 5.96 Å². The van der Waals surface area contributed by atoms with Crippen LogP contribution < -0.4 is 11.1 Å². The maximum Gasteiger partial charge on any atom is 0.189 e. The monoisotopic (exact) mass is 375 g/mol. The summed E-state index contributed by atoms with van der Waals surface area (Å²) in [6.07, 6.45) is 0. The molecule has 1 aromatic carbocycles. The zero-order valence-corrected chi connectivity index (χ0v) is 14.9. The first-order valence-corrected chi connectivity index (χ1v) is 6.34. The fourth-order valence-electron chi connectivity index (χ4n) is 1.69. The maximum absolute atomic E-state index is 5.88. The van der Waals surface area contributed by atoms with E-state index in [2.05, 4.69) is 69.2 Å². The molecule has 0 saturated carbocycles. The minimum Gasteiger partial charge on any atom is -0.370 e. The van der Waals surface area contributed by atoms with Gasteiger partial charge in [0.05, 0.1) is 6.54 Å².